The summed E-state index contributed by atoms with van der Waals surface area (Å²) < 4.78 is 13.5. The minimum Gasteiger partial charge on any atom is -0.383 e. The van der Waals surface area contributed by atoms with Crippen molar-refractivity contribution < 1.29 is 9.18 Å². The zero-order chi connectivity index (χ0) is 10.8. The van der Waals surface area contributed by atoms with Gasteiger partial charge in [-0.2, -0.15) is 0 Å². The lowest BCUT2D eigenvalue weighted by Gasteiger charge is -2.18. The first kappa shape index (κ1) is 9.96. The number of nitrogens with one attached hydrogen (secondary N) is 2. The predicted octanol–water partition coefficient (Wildman–Crippen LogP) is 2.14. The number of anilines is 2. The first-order chi connectivity index (χ1) is 7.20. The van der Waals surface area contributed by atoms with Crippen molar-refractivity contribution >= 4 is 17.3 Å². The number of benzene rings is 1. The number of halogens is 1. The van der Waals surface area contributed by atoms with E-state index in [0.29, 0.717) is 25.1 Å². The Morgan fingerprint density at radius 1 is 1.47 bits per heavy atom. The molecule has 1 aromatic rings. The van der Waals surface area contributed by atoms with Crippen molar-refractivity contribution in [2.45, 2.75) is 19.8 Å². The fourth-order valence-electron chi connectivity index (χ4n) is 1.72. The summed E-state index contributed by atoms with van der Waals surface area (Å²) in [4.78, 5) is 11.2. The molecule has 0 aromatic heterocycles. The summed E-state index contributed by atoms with van der Waals surface area (Å²) in [6.45, 7) is 2.56. The van der Waals surface area contributed by atoms with Crippen LogP contribution in [0.25, 0.3) is 0 Å². The molecule has 80 valence electrons. The van der Waals surface area contributed by atoms with Crippen molar-refractivity contribution in [2.75, 3.05) is 17.2 Å². The fourth-order valence-corrected chi connectivity index (χ4v) is 1.72. The van der Waals surface area contributed by atoms with E-state index in [-0.39, 0.29) is 11.7 Å². The van der Waals surface area contributed by atoms with E-state index < -0.39 is 0 Å². The van der Waals surface area contributed by atoms with Crippen molar-refractivity contribution in [3.63, 3.8) is 0 Å². The predicted molar refractivity (Wildman–Crippen MR) is 57.5 cm³/mol. The van der Waals surface area contributed by atoms with Gasteiger partial charge < -0.3 is 10.6 Å². The van der Waals surface area contributed by atoms with E-state index in [4.69, 9.17) is 0 Å². The molecule has 0 bridgehead atoms. The average Bonchev–Trinajstić information content (AvgIpc) is 2.20. The van der Waals surface area contributed by atoms with Gasteiger partial charge in [0.15, 0.2) is 0 Å². The lowest BCUT2D eigenvalue weighted by molar-refractivity contribution is -0.116. The molecule has 0 saturated heterocycles. The Bertz CT molecular complexity index is 404. The summed E-state index contributed by atoms with van der Waals surface area (Å²) in [5.41, 5.74) is 2.04. The quantitative estimate of drug-likeness (QED) is 0.781. The highest BCUT2D eigenvalue weighted by Crippen LogP contribution is 2.28. The van der Waals surface area contributed by atoms with Crippen molar-refractivity contribution in [2.24, 2.45) is 0 Å². The Morgan fingerprint density at radius 3 is 3.00 bits per heavy atom. The van der Waals surface area contributed by atoms with Crippen LogP contribution in [0.2, 0.25) is 0 Å². The van der Waals surface area contributed by atoms with Gasteiger partial charge in [0.2, 0.25) is 5.91 Å². The normalized spacial score (nSPS) is 14.4. The summed E-state index contributed by atoms with van der Waals surface area (Å²) in [5, 5.41) is 5.65. The number of aryl methyl sites for hydroxylation is 1. The third kappa shape index (κ3) is 1.93. The molecule has 4 heteroatoms. The highest BCUT2D eigenvalue weighted by Gasteiger charge is 2.17. The largest absolute Gasteiger partial charge is 0.383 e. The van der Waals surface area contributed by atoms with Gasteiger partial charge in [0.25, 0.3) is 0 Å². The summed E-state index contributed by atoms with van der Waals surface area (Å²) in [6, 6.07) is 3.15. The lowest BCUT2D eigenvalue weighted by atomic mass is 10.0. The van der Waals surface area contributed by atoms with Crippen LogP contribution in [0, 0.1) is 5.82 Å². The van der Waals surface area contributed by atoms with Gasteiger partial charge in [-0.1, -0.05) is 0 Å². The molecule has 1 aliphatic heterocycles. The summed E-state index contributed by atoms with van der Waals surface area (Å²) in [7, 11) is 0. The summed E-state index contributed by atoms with van der Waals surface area (Å²) in [6.07, 6.45) is 1.05. The smallest absolute Gasteiger partial charge is 0.224 e. The molecule has 1 amide bonds. The van der Waals surface area contributed by atoms with Crippen LogP contribution in [0.15, 0.2) is 12.1 Å². The van der Waals surface area contributed by atoms with Crippen LogP contribution >= 0.6 is 0 Å². The second-order valence-electron chi connectivity index (χ2n) is 3.57. The van der Waals surface area contributed by atoms with Crippen molar-refractivity contribution in [1.82, 2.24) is 0 Å². The maximum atomic E-state index is 13.5. The van der Waals surface area contributed by atoms with Crippen LogP contribution in [0.4, 0.5) is 15.8 Å². The van der Waals surface area contributed by atoms with Crippen LogP contribution in [0.5, 0.6) is 0 Å². The topological polar surface area (TPSA) is 41.1 Å². The minimum atomic E-state index is -0.258. The molecular weight excluding hydrogens is 195 g/mol. The van der Waals surface area contributed by atoms with Gasteiger partial charge in [-0.15, -0.1) is 0 Å². The molecule has 3 nitrogen and oxygen atoms in total. The highest BCUT2D eigenvalue weighted by atomic mass is 19.1. The molecule has 2 N–H and O–H groups in total. The number of carbonyl (C=O) groups is 1. The number of fused-ring (bicyclic) bond motifs is 1. The number of hydrogen-bond donors (Lipinski definition) is 2. The molecular formula is C11H13FN2O. The number of hydrogen-bond acceptors (Lipinski definition) is 2. The van der Waals surface area contributed by atoms with Gasteiger partial charge in [-0.05, 0) is 31.0 Å². The lowest BCUT2D eigenvalue weighted by Crippen LogP contribution is -2.19. The Balaban J connectivity index is 2.38. The molecule has 1 aliphatic rings. The molecule has 0 atom stereocenters. The van der Waals surface area contributed by atoms with Crippen LogP contribution in [0.1, 0.15) is 18.9 Å². The first-order valence-corrected chi connectivity index (χ1v) is 5.07. The third-order valence-corrected chi connectivity index (χ3v) is 2.46. The Labute approximate surface area is 87.7 Å². The molecule has 2 rings (SSSR count). The molecule has 0 saturated carbocycles. The van der Waals surface area contributed by atoms with E-state index in [9.17, 15) is 9.18 Å². The average molecular weight is 208 g/mol. The van der Waals surface area contributed by atoms with Gasteiger partial charge in [0, 0.05) is 18.7 Å². The molecule has 1 heterocycles. The number of rotatable bonds is 2. The van der Waals surface area contributed by atoms with Gasteiger partial charge in [0.1, 0.15) is 5.82 Å². The van der Waals surface area contributed by atoms with E-state index in [2.05, 4.69) is 10.6 Å². The highest BCUT2D eigenvalue weighted by molar-refractivity contribution is 5.94. The standard InChI is InChI=1S/C11H13FN2O/c1-2-13-10-6-9-7(5-8(10)12)3-4-11(15)14-9/h5-6,13H,2-4H2,1H3,(H,14,15). The monoisotopic (exact) mass is 208 g/mol. The van der Waals surface area contributed by atoms with E-state index in [1.54, 1.807) is 6.07 Å². The second kappa shape index (κ2) is 3.88. The SMILES string of the molecule is CCNc1cc2c(cc1F)CCC(=O)N2. The molecule has 0 radical (unpaired) electrons. The van der Waals surface area contributed by atoms with Gasteiger partial charge in [-0.25, -0.2) is 4.39 Å². The van der Waals surface area contributed by atoms with E-state index in [1.807, 2.05) is 6.92 Å². The Hall–Kier alpha value is -1.58. The molecule has 0 aliphatic carbocycles. The second-order valence-corrected chi connectivity index (χ2v) is 3.57. The summed E-state index contributed by atoms with van der Waals surface area (Å²) >= 11 is 0. The first-order valence-electron chi connectivity index (χ1n) is 5.07. The molecule has 0 fully saturated rings. The maximum absolute atomic E-state index is 13.5. The molecule has 0 unspecified atom stereocenters. The van der Waals surface area contributed by atoms with Gasteiger partial charge >= 0.3 is 0 Å². The fraction of sp³-hybridized carbons (Fsp3) is 0.364. The molecule has 0 spiro atoms. The van der Waals surface area contributed by atoms with Gasteiger partial charge in [0.05, 0.1) is 5.69 Å². The maximum Gasteiger partial charge on any atom is 0.224 e. The Kier molecular flexibility index (Phi) is 2.58. The molecule has 15 heavy (non-hydrogen) atoms. The third-order valence-electron chi connectivity index (χ3n) is 2.46. The Morgan fingerprint density at radius 2 is 2.27 bits per heavy atom. The minimum absolute atomic E-state index is 0.00319. The molecule has 1 aromatic carbocycles. The van der Waals surface area contributed by atoms with E-state index >= 15 is 0 Å². The van der Waals surface area contributed by atoms with E-state index in [1.165, 1.54) is 6.07 Å². The van der Waals surface area contributed by atoms with Crippen LogP contribution in [-0.4, -0.2) is 12.5 Å². The van der Waals surface area contributed by atoms with Crippen molar-refractivity contribution in [3.8, 4) is 0 Å². The van der Waals surface area contributed by atoms with E-state index in [0.717, 1.165) is 11.3 Å². The summed E-state index contributed by atoms with van der Waals surface area (Å²) in [5.74, 6) is -0.261. The van der Waals surface area contributed by atoms with Crippen molar-refractivity contribution in [3.05, 3.63) is 23.5 Å². The zero-order valence-corrected chi connectivity index (χ0v) is 8.56. The van der Waals surface area contributed by atoms with Crippen LogP contribution in [0.3, 0.4) is 0 Å². The van der Waals surface area contributed by atoms with Crippen LogP contribution < -0.4 is 10.6 Å². The zero-order valence-electron chi connectivity index (χ0n) is 8.56. The number of carbonyl (C=O) groups excluding carboxylic acids is 1. The number of amides is 1. The van der Waals surface area contributed by atoms with Gasteiger partial charge in [-0.3, -0.25) is 4.79 Å². The van der Waals surface area contributed by atoms with Crippen LogP contribution in [-0.2, 0) is 11.2 Å². The van der Waals surface area contributed by atoms with Crippen molar-refractivity contribution in [1.29, 1.82) is 0 Å².